The monoisotopic (exact) mass is 271 g/mol. The molecule has 100 valence electrons. The number of para-hydroxylation sites is 1. The average Bonchev–Trinajstić information content (AvgIpc) is 2.46. The lowest BCUT2D eigenvalue weighted by Crippen LogP contribution is -2.04. The number of halogens is 2. The molecule has 1 unspecified atom stereocenters. The number of aromatic nitrogens is 1. The summed E-state index contributed by atoms with van der Waals surface area (Å²) in [6, 6.07) is 12.1. The molecule has 1 N–H and O–H groups in total. The number of hydrogen-bond donors (Lipinski definition) is 1. The third-order valence-electron chi connectivity index (χ3n) is 3.23. The predicted octanol–water partition coefficient (Wildman–Crippen LogP) is 3.59. The van der Waals surface area contributed by atoms with Gasteiger partial charge in [-0.1, -0.05) is 24.3 Å². The molecule has 0 aliphatic heterocycles. The molecule has 0 saturated carbocycles. The van der Waals surface area contributed by atoms with Crippen molar-refractivity contribution in [2.75, 3.05) is 0 Å². The van der Waals surface area contributed by atoms with Gasteiger partial charge in [0.2, 0.25) is 0 Å². The minimum absolute atomic E-state index is 0.0442. The third kappa shape index (κ3) is 2.14. The Balaban J connectivity index is 2.15. The first kappa shape index (κ1) is 12.7. The second-order valence-electron chi connectivity index (χ2n) is 4.49. The van der Waals surface area contributed by atoms with Crippen molar-refractivity contribution in [2.45, 2.75) is 6.10 Å². The van der Waals surface area contributed by atoms with Crippen LogP contribution in [0.1, 0.15) is 17.2 Å². The Labute approximate surface area is 114 Å². The first-order valence-corrected chi connectivity index (χ1v) is 6.13. The highest BCUT2D eigenvalue weighted by atomic mass is 19.1. The van der Waals surface area contributed by atoms with E-state index in [9.17, 15) is 13.9 Å². The SMILES string of the molecule is OC(c1ccc(F)cc1F)c1ccnc2ccccc12. The Bertz CT molecular complexity index is 768. The van der Waals surface area contributed by atoms with E-state index in [0.29, 0.717) is 11.1 Å². The Morgan fingerprint density at radius 1 is 0.950 bits per heavy atom. The van der Waals surface area contributed by atoms with Gasteiger partial charge in [0.15, 0.2) is 0 Å². The molecule has 3 rings (SSSR count). The maximum Gasteiger partial charge on any atom is 0.132 e. The molecule has 0 saturated heterocycles. The van der Waals surface area contributed by atoms with Crippen LogP contribution in [0.25, 0.3) is 10.9 Å². The number of aliphatic hydroxyl groups is 1. The Hall–Kier alpha value is -2.33. The van der Waals surface area contributed by atoms with E-state index in [4.69, 9.17) is 0 Å². The normalized spacial score (nSPS) is 12.6. The highest BCUT2D eigenvalue weighted by Crippen LogP contribution is 2.29. The van der Waals surface area contributed by atoms with Crippen LogP contribution >= 0.6 is 0 Å². The lowest BCUT2D eigenvalue weighted by Gasteiger charge is -2.14. The van der Waals surface area contributed by atoms with Crippen molar-refractivity contribution in [3.05, 3.63) is 77.5 Å². The molecule has 20 heavy (non-hydrogen) atoms. The van der Waals surface area contributed by atoms with Gasteiger partial charge < -0.3 is 5.11 Å². The van der Waals surface area contributed by atoms with E-state index in [1.54, 1.807) is 12.3 Å². The molecule has 1 aromatic heterocycles. The quantitative estimate of drug-likeness (QED) is 0.772. The van der Waals surface area contributed by atoms with Crippen LogP contribution < -0.4 is 0 Å². The summed E-state index contributed by atoms with van der Waals surface area (Å²) in [5.41, 5.74) is 1.30. The van der Waals surface area contributed by atoms with Crippen LogP contribution in [0, 0.1) is 11.6 Å². The summed E-state index contributed by atoms with van der Waals surface area (Å²) < 4.78 is 26.7. The van der Waals surface area contributed by atoms with Crippen LogP contribution in [0.3, 0.4) is 0 Å². The average molecular weight is 271 g/mol. The first-order valence-electron chi connectivity index (χ1n) is 6.13. The molecule has 0 fully saturated rings. The lowest BCUT2D eigenvalue weighted by atomic mass is 9.98. The zero-order chi connectivity index (χ0) is 14.1. The van der Waals surface area contributed by atoms with E-state index in [-0.39, 0.29) is 5.56 Å². The van der Waals surface area contributed by atoms with Gasteiger partial charge in [-0.05, 0) is 23.8 Å². The number of hydrogen-bond acceptors (Lipinski definition) is 2. The number of aliphatic hydroxyl groups excluding tert-OH is 1. The smallest absolute Gasteiger partial charge is 0.132 e. The highest BCUT2D eigenvalue weighted by Gasteiger charge is 2.17. The Kier molecular flexibility index (Phi) is 3.16. The van der Waals surface area contributed by atoms with Crippen molar-refractivity contribution < 1.29 is 13.9 Å². The van der Waals surface area contributed by atoms with Gasteiger partial charge in [-0.2, -0.15) is 0 Å². The summed E-state index contributed by atoms with van der Waals surface area (Å²) in [5.74, 6) is -1.43. The Morgan fingerprint density at radius 3 is 2.55 bits per heavy atom. The Morgan fingerprint density at radius 2 is 1.75 bits per heavy atom. The minimum atomic E-state index is -1.16. The summed E-state index contributed by atoms with van der Waals surface area (Å²) in [4.78, 5) is 4.19. The van der Waals surface area contributed by atoms with E-state index in [1.165, 1.54) is 6.07 Å². The molecule has 0 spiro atoms. The number of fused-ring (bicyclic) bond motifs is 1. The van der Waals surface area contributed by atoms with Crippen LogP contribution in [0.2, 0.25) is 0 Å². The van der Waals surface area contributed by atoms with Gasteiger partial charge in [0.1, 0.15) is 17.7 Å². The van der Waals surface area contributed by atoms with Gasteiger partial charge in [0, 0.05) is 23.2 Å². The van der Waals surface area contributed by atoms with E-state index >= 15 is 0 Å². The second kappa shape index (κ2) is 4.98. The molecule has 0 amide bonds. The number of nitrogens with zero attached hydrogens (tertiary/aromatic N) is 1. The van der Waals surface area contributed by atoms with Gasteiger partial charge in [-0.15, -0.1) is 0 Å². The topological polar surface area (TPSA) is 33.1 Å². The van der Waals surface area contributed by atoms with Gasteiger partial charge in [-0.3, -0.25) is 4.98 Å². The number of rotatable bonds is 2. The molecule has 0 aliphatic rings. The lowest BCUT2D eigenvalue weighted by molar-refractivity contribution is 0.216. The maximum atomic E-state index is 13.8. The minimum Gasteiger partial charge on any atom is -0.384 e. The summed E-state index contributed by atoms with van der Waals surface area (Å²) in [6.07, 6.45) is 0.394. The zero-order valence-corrected chi connectivity index (χ0v) is 10.4. The molecular weight excluding hydrogens is 260 g/mol. The molecule has 0 aliphatic carbocycles. The molecule has 2 aromatic carbocycles. The van der Waals surface area contributed by atoms with Crippen LogP contribution in [-0.2, 0) is 0 Å². The van der Waals surface area contributed by atoms with Crippen molar-refractivity contribution >= 4 is 10.9 Å². The van der Waals surface area contributed by atoms with E-state index in [1.807, 2.05) is 24.3 Å². The van der Waals surface area contributed by atoms with Gasteiger partial charge in [0.25, 0.3) is 0 Å². The molecule has 3 aromatic rings. The van der Waals surface area contributed by atoms with Crippen LogP contribution in [-0.4, -0.2) is 10.1 Å². The van der Waals surface area contributed by atoms with Gasteiger partial charge >= 0.3 is 0 Å². The van der Waals surface area contributed by atoms with Gasteiger partial charge in [-0.25, -0.2) is 8.78 Å². The van der Waals surface area contributed by atoms with E-state index in [2.05, 4.69) is 4.98 Å². The van der Waals surface area contributed by atoms with E-state index in [0.717, 1.165) is 17.5 Å². The van der Waals surface area contributed by atoms with Crippen LogP contribution in [0.5, 0.6) is 0 Å². The van der Waals surface area contributed by atoms with Crippen molar-refractivity contribution in [3.8, 4) is 0 Å². The fourth-order valence-electron chi connectivity index (χ4n) is 2.25. The summed E-state index contributed by atoms with van der Waals surface area (Å²) >= 11 is 0. The van der Waals surface area contributed by atoms with E-state index < -0.39 is 17.7 Å². The van der Waals surface area contributed by atoms with Crippen molar-refractivity contribution in [1.29, 1.82) is 0 Å². The second-order valence-corrected chi connectivity index (χ2v) is 4.49. The van der Waals surface area contributed by atoms with Crippen molar-refractivity contribution in [3.63, 3.8) is 0 Å². The number of benzene rings is 2. The van der Waals surface area contributed by atoms with Gasteiger partial charge in [0.05, 0.1) is 5.52 Å². The first-order chi connectivity index (χ1) is 9.66. The molecule has 0 radical (unpaired) electrons. The predicted molar refractivity (Wildman–Crippen MR) is 72.2 cm³/mol. The molecule has 1 atom stereocenters. The zero-order valence-electron chi connectivity index (χ0n) is 10.4. The maximum absolute atomic E-state index is 13.8. The van der Waals surface area contributed by atoms with Crippen molar-refractivity contribution in [2.24, 2.45) is 0 Å². The molecule has 2 nitrogen and oxygen atoms in total. The summed E-state index contributed by atoms with van der Waals surface area (Å²) in [7, 11) is 0. The fraction of sp³-hybridized carbons (Fsp3) is 0.0625. The highest BCUT2D eigenvalue weighted by molar-refractivity contribution is 5.82. The van der Waals surface area contributed by atoms with Crippen LogP contribution in [0.4, 0.5) is 8.78 Å². The van der Waals surface area contributed by atoms with Crippen molar-refractivity contribution in [1.82, 2.24) is 4.98 Å². The van der Waals surface area contributed by atoms with Crippen LogP contribution in [0.15, 0.2) is 54.7 Å². The third-order valence-corrected chi connectivity index (χ3v) is 3.23. The molecule has 1 heterocycles. The summed E-state index contributed by atoms with van der Waals surface area (Å²) in [5, 5.41) is 11.1. The fourth-order valence-corrected chi connectivity index (χ4v) is 2.25. The molecule has 0 bridgehead atoms. The molecule has 4 heteroatoms. The molecular formula is C16H11F2NO. The summed E-state index contributed by atoms with van der Waals surface area (Å²) in [6.45, 7) is 0. The number of pyridine rings is 1. The largest absolute Gasteiger partial charge is 0.384 e. The standard InChI is InChI=1S/C16H11F2NO/c17-10-5-6-13(14(18)9-10)16(20)12-7-8-19-15-4-2-1-3-11(12)15/h1-9,16,20H.